The van der Waals surface area contributed by atoms with E-state index in [-0.39, 0.29) is 11.2 Å². The van der Waals surface area contributed by atoms with Crippen molar-refractivity contribution in [3.8, 4) is 0 Å². The number of hydrogen-bond donors (Lipinski definition) is 1. The molecule has 2 N–H and O–H groups in total. The van der Waals surface area contributed by atoms with Crippen LogP contribution in [0.15, 0.2) is 39.3 Å². The third-order valence-electron chi connectivity index (χ3n) is 4.43. The Morgan fingerprint density at radius 2 is 1.91 bits per heavy atom. The molecule has 118 valence electrons. The van der Waals surface area contributed by atoms with Crippen LogP contribution in [0.2, 0.25) is 0 Å². The van der Waals surface area contributed by atoms with Crippen molar-refractivity contribution in [1.29, 1.82) is 0 Å². The number of imidazole rings is 1. The van der Waals surface area contributed by atoms with E-state index in [0.29, 0.717) is 18.3 Å². The Morgan fingerprint density at radius 3 is 2.65 bits per heavy atom. The predicted octanol–water partition coefficient (Wildman–Crippen LogP) is 1.37. The zero-order valence-electron chi connectivity index (χ0n) is 13.1. The Kier molecular flexibility index (Phi) is 2.87. The van der Waals surface area contributed by atoms with E-state index < -0.39 is 0 Å². The van der Waals surface area contributed by atoms with Crippen molar-refractivity contribution in [3.05, 3.63) is 34.6 Å². The van der Waals surface area contributed by atoms with Gasteiger partial charge in [0, 0.05) is 18.2 Å². The normalized spacial score (nSPS) is 14.2. The Labute approximate surface area is 132 Å². The molecule has 1 aromatic carbocycles. The van der Waals surface area contributed by atoms with Crippen molar-refractivity contribution in [3.63, 3.8) is 0 Å². The molecule has 0 aliphatic carbocycles. The Bertz CT molecular complexity index is 966. The van der Waals surface area contributed by atoms with Crippen LogP contribution in [0.1, 0.15) is 6.42 Å². The first-order chi connectivity index (χ1) is 11.1. The summed E-state index contributed by atoms with van der Waals surface area (Å²) >= 11 is 0. The zero-order chi connectivity index (χ0) is 16.1. The lowest BCUT2D eigenvalue weighted by molar-refractivity contribution is -0.632. The van der Waals surface area contributed by atoms with Crippen molar-refractivity contribution in [2.24, 2.45) is 24.3 Å². The lowest BCUT2D eigenvalue weighted by Gasteiger charge is -1.98. The first kappa shape index (κ1) is 13.7. The molecule has 3 aromatic rings. The highest BCUT2D eigenvalue weighted by molar-refractivity contribution is 5.73. The molecule has 4 rings (SSSR count). The zero-order valence-corrected chi connectivity index (χ0v) is 13.1. The molecule has 0 saturated heterocycles. The van der Waals surface area contributed by atoms with E-state index in [1.165, 1.54) is 0 Å². The van der Waals surface area contributed by atoms with Gasteiger partial charge in [-0.1, -0.05) is 17.2 Å². The van der Waals surface area contributed by atoms with E-state index in [9.17, 15) is 4.79 Å². The van der Waals surface area contributed by atoms with Crippen molar-refractivity contribution >= 4 is 28.5 Å². The summed E-state index contributed by atoms with van der Waals surface area (Å²) in [5, 5.41) is 8.45. The number of nitrogens with two attached hydrogens (primary N) is 1. The van der Waals surface area contributed by atoms with Gasteiger partial charge >= 0.3 is 5.95 Å². The maximum absolute atomic E-state index is 12.3. The molecule has 23 heavy (non-hydrogen) atoms. The number of aromatic nitrogens is 4. The summed E-state index contributed by atoms with van der Waals surface area (Å²) in [7, 11) is 3.85. The fraction of sp³-hybridized carbons (Fsp3) is 0.333. The van der Waals surface area contributed by atoms with E-state index in [2.05, 4.69) is 10.2 Å². The van der Waals surface area contributed by atoms with Gasteiger partial charge in [0.15, 0.2) is 5.82 Å². The summed E-state index contributed by atoms with van der Waals surface area (Å²) in [4.78, 5) is 12.3. The second-order valence-corrected chi connectivity index (χ2v) is 5.75. The minimum atomic E-state index is -0.176. The Morgan fingerprint density at radius 1 is 1.17 bits per heavy atom. The molecular weight excluding hydrogens is 294 g/mol. The summed E-state index contributed by atoms with van der Waals surface area (Å²) in [5.41, 5.74) is 8.19. The lowest BCUT2D eigenvalue weighted by Crippen LogP contribution is -2.26. The summed E-state index contributed by atoms with van der Waals surface area (Å²) in [6, 6.07) is 7.99. The molecule has 0 spiro atoms. The number of benzene rings is 1. The van der Waals surface area contributed by atoms with Crippen LogP contribution in [0.5, 0.6) is 0 Å². The molecule has 2 aromatic heterocycles. The van der Waals surface area contributed by atoms with Crippen LogP contribution in [-0.2, 0) is 27.2 Å². The number of hydrogen-bond acceptors (Lipinski definition) is 4. The predicted molar refractivity (Wildman–Crippen MR) is 86.0 cm³/mol. The van der Waals surface area contributed by atoms with E-state index in [1.54, 1.807) is 9.36 Å². The van der Waals surface area contributed by atoms with Gasteiger partial charge in [0.25, 0.3) is 5.56 Å². The fourth-order valence-electron chi connectivity index (χ4n) is 3.22. The number of azo groups is 1. The molecule has 0 radical (unpaired) electrons. The highest BCUT2D eigenvalue weighted by Crippen LogP contribution is 2.24. The van der Waals surface area contributed by atoms with Gasteiger partial charge in [0.1, 0.15) is 11.0 Å². The number of nitrogen functional groups attached to an aromatic ring is 1. The van der Waals surface area contributed by atoms with Crippen LogP contribution >= 0.6 is 0 Å². The number of aryl methyl sites for hydroxylation is 2. The highest BCUT2D eigenvalue weighted by Gasteiger charge is 2.24. The van der Waals surface area contributed by atoms with Crippen LogP contribution in [0.3, 0.4) is 0 Å². The van der Waals surface area contributed by atoms with E-state index in [0.717, 1.165) is 24.0 Å². The number of rotatable bonds is 2. The summed E-state index contributed by atoms with van der Waals surface area (Å²) in [6.07, 6.45) is 0.926. The van der Waals surface area contributed by atoms with Gasteiger partial charge in [-0.15, -0.1) is 0 Å². The average Bonchev–Trinajstić information content (AvgIpc) is 3.19. The summed E-state index contributed by atoms with van der Waals surface area (Å²) < 4.78 is 7.29. The van der Waals surface area contributed by atoms with Crippen LogP contribution in [0.25, 0.3) is 11.0 Å². The molecule has 0 fully saturated rings. The fourth-order valence-corrected chi connectivity index (χ4v) is 3.22. The lowest BCUT2D eigenvalue weighted by atomic mass is 10.3. The van der Waals surface area contributed by atoms with Gasteiger partial charge in [0.2, 0.25) is 5.69 Å². The maximum atomic E-state index is 12.3. The highest BCUT2D eigenvalue weighted by atomic mass is 16.1. The minimum Gasteiger partial charge on any atom is -0.382 e. The molecule has 8 nitrogen and oxygen atoms in total. The van der Waals surface area contributed by atoms with Crippen LogP contribution in [-0.4, -0.2) is 13.9 Å². The molecule has 8 heteroatoms. The average molecular weight is 312 g/mol. The van der Waals surface area contributed by atoms with Gasteiger partial charge in [-0.2, -0.15) is 0 Å². The molecule has 1 aliphatic rings. The van der Waals surface area contributed by atoms with Gasteiger partial charge in [-0.25, -0.2) is 13.8 Å². The molecule has 3 heterocycles. The molecule has 0 atom stereocenters. The third-order valence-corrected chi connectivity index (χ3v) is 4.43. The van der Waals surface area contributed by atoms with Crippen LogP contribution < -0.4 is 15.9 Å². The summed E-state index contributed by atoms with van der Waals surface area (Å²) in [6.45, 7) is 1.43. The van der Waals surface area contributed by atoms with Crippen molar-refractivity contribution in [2.75, 3.05) is 5.73 Å². The van der Waals surface area contributed by atoms with Crippen molar-refractivity contribution in [2.45, 2.75) is 19.5 Å². The van der Waals surface area contributed by atoms with Crippen LogP contribution in [0.4, 0.5) is 17.5 Å². The quantitative estimate of drug-likeness (QED) is 0.572. The standard InChI is InChI=1S/C15H17N7O/c1-19-10-6-3-4-7-11(10)20(2)15(19)18-17-12-13(16)21-8-5-9-22(21)14(12)23/h3-4,6-7,16H,5,8-9H2,1-2H3/p+1. The molecule has 0 saturated carbocycles. The van der Waals surface area contributed by atoms with Gasteiger partial charge in [-0.05, 0) is 18.6 Å². The number of fused-ring (bicyclic) bond motifs is 2. The first-order valence-corrected chi connectivity index (χ1v) is 7.54. The second-order valence-electron chi connectivity index (χ2n) is 5.75. The Hall–Kier alpha value is -2.90. The van der Waals surface area contributed by atoms with Gasteiger partial charge in [0.05, 0.1) is 14.1 Å². The topological polar surface area (TPSA) is 86.5 Å². The Balaban J connectivity index is 1.83. The minimum absolute atomic E-state index is 0.176. The number of para-hydroxylation sites is 2. The SMILES string of the molecule is Cn1c(N=Nc2c(N)n3n(c2=O)CCC3)[n+](C)c2ccccc21. The second kappa shape index (κ2) is 4.80. The molecular formula is C15H18N7O+. The molecule has 1 aliphatic heterocycles. The number of anilines is 1. The van der Waals surface area contributed by atoms with Crippen molar-refractivity contribution < 1.29 is 4.57 Å². The third kappa shape index (κ3) is 1.84. The summed E-state index contributed by atoms with van der Waals surface area (Å²) in [5.74, 6) is 1.04. The maximum Gasteiger partial charge on any atom is 0.422 e. The smallest absolute Gasteiger partial charge is 0.382 e. The molecule has 0 bridgehead atoms. The largest absolute Gasteiger partial charge is 0.422 e. The van der Waals surface area contributed by atoms with E-state index in [1.807, 2.05) is 47.5 Å². The van der Waals surface area contributed by atoms with E-state index in [4.69, 9.17) is 5.73 Å². The number of nitrogens with zero attached hydrogens (tertiary/aromatic N) is 6. The first-order valence-electron chi connectivity index (χ1n) is 7.54. The van der Waals surface area contributed by atoms with Crippen molar-refractivity contribution in [1.82, 2.24) is 13.9 Å². The van der Waals surface area contributed by atoms with E-state index >= 15 is 0 Å². The monoisotopic (exact) mass is 312 g/mol. The molecule has 0 unspecified atom stereocenters. The molecule has 0 amide bonds. The van der Waals surface area contributed by atoms with Gasteiger partial charge in [-0.3, -0.25) is 9.48 Å². The van der Waals surface area contributed by atoms with Gasteiger partial charge < -0.3 is 5.73 Å². The van der Waals surface area contributed by atoms with Crippen LogP contribution in [0, 0.1) is 0 Å².